The summed E-state index contributed by atoms with van der Waals surface area (Å²) >= 11 is 1.34. The number of carbonyl (C=O) groups excluding carboxylic acids is 1. The van der Waals surface area contributed by atoms with Crippen molar-refractivity contribution < 1.29 is 4.79 Å². The fraction of sp³-hybridized carbons (Fsp3) is 0. The van der Waals surface area contributed by atoms with Crippen molar-refractivity contribution in [3.63, 3.8) is 0 Å². The van der Waals surface area contributed by atoms with Crippen LogP contribution in [0.2, 0.25) is 0 Å². The molecule has 0 spiro atoms. The van der Waals surface area contributed by atoms with Crippen LogP contribution in [0.25, 0.3) is 21.5 Å². The van der Waals surface area contributed by atoms with Crippen LogP contribution in [-0.4, -0.2) is 26.3 Å². The lowest BCUT2D eigenvalue weighted by Crippen LogP contribution is -2.12. The normalized spacial score (nSPS) is 10.8. The van der Waals surface area contributed by atoms with Crippen molar-refractivity contribution in [2.75, 3.05) is 5.32 Å². The summed E-state index contributed by atoms with van der Waals surface area (Å²) in [5, 5.41) is 19.9. The van der Waals surface area contributed by atoms with Gasteiger partial charge in [0, 0.05) is 10.9 Å². The largest absolute Gasteiger partial charge is 0.296 e. The Morgan fingerprint density at radius 3 is 2.78 bits per heavy atom. The summed E-state index contributed by atoms with van der Waals surface area (Å²) in [6.45, 7) is 0. The van der Waals surface area contributed by atoms with E-state index in [4.69, 9.17) is 0 Å². The van der Waals surface area contributed by atoms with Crippen molar-refractivity contribution >= 4 is 33.3 Å². The highest BCUT2D eigenvalue weighted by Crippen LogP contribution is 2.26. The van der Waals surface area contributed by atoms with Gasteiger partial charge in [-0.3, -0.25) is 15.2 Å². The average molecular weight is 321 g/mol. The van der Waals surface area contributed by atoms with Crippen molar-refractivity contribution in [2.24, 2.45) is 0 Å². The zero-order chi connectivity index (χ0) is 15.6. The van der Waals surface area contributed by atoms with Gasteiger partial charge < -0.3 is 0 Å². The molecule has 0 saturated heterocycles. The lowest BCUT2D eigenvalue weighted by molar-refractivity contribution is 0.102. The lowest BCUT2D eigenvalue weighted by atomic mass is 10.1. The Morgan fingerprint density at radius 2 is 1.91 bits per heavy atom. The predicted octanol–water partition coefficient (Wildman–Crippen LogP) is 3.33. The number of aromatic nitrogens is 4. The Kier molecular flexibility index (Phi) is 3.32. The molecular weight excluding hydrogens is 310 g/mol. The minimum absolute atomic E-state index is 0.240. The number of carbonyl (C=O) groups is 1. The van der Waals surface area contributed by atoms with Gasteiger partial charge >= 0.3 is 0 Å². The summed E-state index contributed by atoms with van der Waals surface area (Å²) in [6.07, 6.45) is 1.69. The van der Waals surface area contributed by atoms with Crippen molar-refractivity contribution in [3.05, 3.63) is 60.3 Å². The summed E-state index contributed by atoms with van der Waals surface area (Å²) in [5.74, 6) is -0.240. The van der Waals surface area contributed by atoms with Crippen LogP contribution in [-0.2, 0) is 0 Å². The first-order valence-electron chi connectivity index (χ1n) is 6.93. The van der Waals surface area contributed by atoms with Crippen LogP contribution in [0.4, 0.5) is 5.13 Å². The molecule has 2 aromatic heterocycles. The van der Waals surface area contributed by atoms with Gasteiger partial charge in [-0.2, -0.15) is 5.10 Å². The summed E-state index contributed by atoms with van der Waals surface area (Å²) in [5.41, 5.74) is 2.20. The van der Waals surface area contributed by atoms with Gasteiger partial charge in [-0.15, -0.1) is 10.2 Å². The maximum Gasteiger partial charge on any atom is 0.259 e. The average Bonchev–Trinajstić information content (AvgIpc) is 3.24. The molecule has 0 aliphatic heterocycles. The molecule has 0 radical (unpaired) electrons. The van der Waals surface area contributed by atoms with Crippen LogP contribution in [0.15, 0.2) is 54.7 Å². The van der Waals surface area contributed by atoms with Crippen LogP contribution >= 0.6 is 11.3 Å². The third-order valence-corrected chi connectivity index (χ3v) is 4.28. The lowest BCUT2D eigenvalue weighted by Gasteiger charge is -2.02. The van der Waals surface area contributed by atoms with E-state index in [0.717, 1.165) is 16.0 Å². The number of para-hydroxylation sites is 1. The van der Waals surface area contributed by atoms with Crippen LogP contribution in [0.3, 0.4) is 0 Å². The smallest absolute Gasteiger partial charge is 0.259 e. The molecule has 6 nitrogen and oxygen atoms in total. The van der Waals surface area contributed by atoms with Crippen LogP contribution in [0, 0.1) is 0 Å². The number of nitrogens with one attached hydrogen (secondary N) is 2. The Hall–Kier alpha value is -3.06. The van der Waals surface area contributed by atoms with Crippen molar-refractivity contribution in [3.8, 4) is 10.6 Å². The van der Waals surface area contributed by atoms with Gasteiger partial charge in [0.05, 0.1) is 17.3 Å². The molecule has 0 bridgehead atoms. The van der Waals surface area contributed by atoms with E-state index < -0.39 is 0 Å². The molecule has 1 amide bonds. The first-order chi connectivity index (χ1) is 11.3. The molecule has 0 aliphatic rings. The quantitative estimate of drug-likeness (QED) is 0.606. The second-order valence-electron chi connectivity index (χ2n) is 4.87. The number of nitrogens with zero attached hydrogens (tertiary/aromatic N) is 3. The maximum atomic E-state index is 12.5. The van der Waals surface area contributed by atoms with Gasteiger partial charge in [-0.05, 0) is 6.07 Å². The van der Waals surface area contributed by atoms with E-state index in [0.29, 0.717) is 16.2 Å². The molecule has 0 aliphatic carbocycles. The zero-order valence-corrected chi connectivity index (χ0v) is 12.7. The summed E-state index contributed by atoms with van der Waals surface area (Å²) in [4.78, 5) is 12.5. The number of rotatable bonds is 3. The van der Waals surface area contributed by atoms with E-state index in [1.54, 1.807) is 12.3 Å². The third-order valence-electron chi connectivity index (χ3n) is 3.39. The van der Waals surface area contributed by atoms with Crippen LogP contribution in [0.5, 0.6) is 0 Å². The second-order valence-corrected chi connectivity index (χ2v) is 5.85. The van der Waals surface area contributed by atoms with Gasteiger partial charge in [0.2, 0.25) is 5.13 Å². The van der Waals surface area contributed by atoms with Gasteiger partial charge in [-0.25, -0.2) is 0 Å². The molecule has 0 saturated carbocycles. The highest BCUT2D eigenvalue weighted by atomic mass is 32.1. The second kappa shape index (κ2) is 5.62. The molecule has 0 atom stereocenters. The van der Waals surface area contributed by atoms with E-state index in [9.17, 15) is 4.79 Å². The number of benzene rings is 2. The minimum Gasteiger partial charge on any atom is -0.296 e. The van der Waals surface area contributed by atoms with Crippen LogP contribution < -0.4 is 5.32 Å². The molecule has 4 aromatic rings. The highest BCUT2D eigenvalue weighted by Gasteiger charge is 2.14. The molecule has 2 aromatic carbocycles. The first-order valence-corrected chi connectivity index (χ1v) is 7.75. The van der Waals surface area contributed by atoms with Gasteiger partial charge in [-0.1, -0.05) is 53.8 Å². The Labute approximate surface area is 135 Å². The fourth-order valence-corrected chi connectivity index (χ4v) is 3.04. The van der Waals surface area contributed by atoms with Crippen molar-refractivity contribution in [2.45, 2.75) is 0 Å². The SMILES string of the molecule is O=C(Nc1nnc(-c2ccccc2)s1)c1cccc2cn[nH]c12. The Bertz CT molecular complexity index is 976. The topological polar surface area (TPSA) is 83.6 Å². The molecule has 23 heavy (non-hydrogen) atoms. The van der Waals surface area contributed by atoms with Gasteiger partial charge in [0.15, 0.2) is 0 Å². The van der Waals surface area contributed by atoms with Crippen molar-refractivity contribution in [1.82, 2.24) is 20.4 Å². The van der Waals surface area contributed by atoms with Crippen molar-refractivity contribution in [1.29, 1.82) is 0 Å². The Morgan fingerprint density at radius 1 is 1.04 bits per heavy atom. The molecule has 7 heteroatoms. The minimum atomic E-state index is -0.240. The third kappa shape index (κ3) is 2.58. The fourth-order valence-electron chi connectivity index (χ4n) is 2.29. The molecule has 112 valence electrons. The monoisotopic (exact) mass is 321 g/mol. The maximum absolute atomic E-state index is 12.5. The van der Waals surface area contributed by atoms with E-state index in [2.05, 4.69) is 25.7 Å². The summed E-state index contributed by atoms with van der Waals surface area (Å²) in [6, 6.07) is 15.2. The Balaban J connectivity index is 1.60. The predicted molar refractivity (Wildman–Crippen MR) is 89.4 cm³/mol. The number of aromatic amines is 1. The molecular formula is C16H11N5OS. The molecule has 4 rings (SSSR count). The number of hydrogen-bond acceptors (Lipinski definition) is 5. The molecule has 0 unspecified atom stereocenters. The van der Waals surface area contributed by atoms with Crippen LogP contribution in [0.1, 0.15) is 10.4 Å². The number of hydrogen-bond donors (Lipinski definition) is 2. The number of amides is 1. The molecule has 2 N–H and O–H groups in total. The standard InChI is InChI=1S/C16H11N5OS/c22-14(12-8-4-7-11-9-17-19-13(11)12)18-16-21-20-15(23-16)10-5-2-1-3-6-10/h1-9H,(H,17,19)(H,18,21,22). The first kappa shape index (κ1) is 13.6. The molecule has 2 heterocycles. The van der Waals surface area contributed by atoms with Gasteiger partial charge in [0.1, 0.15) is 5.01 Å². The molecule has 0 fully saturated rings. The van der Waals surface area contributed by atoms with E-state index in [1.807, 2.05) is 42.5 Å². The van der Waals surface area contributed by atoms with E-state index in [-0.39, 0.29) is 5.91 Å². The van der Waals surface area contributed by atoms with E-state index in [1.165, 1.54) is 11.3 Å². The summed E-state index contributed by atoms with van der Waals surface area (Å²) < 4.78 is 0. The zero-order valence-electron chi connectivity index (χ0n) is 11.9. The number of fused-ring (bicyclic) bond motifs is 1. The van der Waals surface area contributed by atoms with Gasteiger partial charge in [0.25, 0.3) is 5.91 Å². The number of anilines is 1. The number of H-pyrrole nitrogens is 1. The van der Waals surface area contributed by atoms with E-state index >= 15 is 0 Å². The highest BCUT2D eigenvalue weighted by molar-refractivity contribution is 7.18. The summed E-state index contributed by atoms with van der Waals surface area (Å²) in [7, 11) is 0.